The van der Waals surface area contributed by atoms with Gasteiger partial charge in [0, 0.05) is 12.2 Å². The third-order valence-electron chi connectivity index (χ3n) is 4.29. The van der Waals surface area contributed by atoms with Gasteiger partial charge in [0.2, 0.25) is 0 Å². The van der Waals surface area contributed by atoms with Crippen molar-refractivity contribution in [3.63, 3.8) is 0 Å². The fourth-order valence-electron chi connectivity index (χ4n) is 2.67. The van der Waals surface area contributed by atoms with Gasteiger partial charge >= 0.3 is 23.9 Å². The average Bonchev–Trinajstić information content (AvgIpc) is 2.89. The van der Waals surface area contributed by atoms with Crippen LogP contribution >= 0.6 is 0 Å². The Hall–Kier alpha value is -4.56. The van der Waals surface area contributed by atoms with Crippen molar-refractivity contribution in [1.82, 2.24) is 0 Å². The summed E-state index contributed by atoms with van der Waals surface area (Å²) in [6, 6.07) is 5.92. The van der Waals surface area contributed by atoms with Gasteiger partial charge in [0.15, 0.2) is 25.4 Å². The van der Waals surface area contributed by atoms with Crippen LogP contribution < -0.4 is 11.5 Å². The van der Waals surface area contributed by atoms with Crippen LogP contribution in [0.1, 0.15) is 23.3 Å². The van der Waals surface area contributed by atoms with Crippen LogP contribution in [0.15, 0.2) is 49.6 Å². The van der Waals surface area contributed by atoms with E-state index in [1.54, 1.807) is 0 Å². The highest BCUT2D eigenvalue weighted by Gasteiger charge is 2.23. The Bertz CT molecular complexity index is 962. The predicted molar refractivity (Wildman–Crippen MR) is 126 cm³/mol. The second kappa shape index (κ2) is 17.0. The molecule has 0 aromatic heterocycles. The average molecular weight is 536 g/mol. The molecule has 0 spiro atoms. The standard InChI is InChI=1S/C24H28N2O12/c1-3-17(27)37-13-19(29)33-8-10-35-21(23(25)31)15-6-5-7-16(12-15)22(24(26)32)36-11-9-34-20(30)14-38-18(28)4-2/h3-7,12,21-22H,1-2,8-11,13-14H2,(H2,25,31)(H2,26,32). The summed E-state index contributed by atoms with van der Waals surface area (Å²) in [6.07, 6.45) is -0.784. The van der Waals surface area contributed by atoms with Crippen molar-refractivity contribution in [3.05, 3.63) is 60.7 Å². The zero-order valence-corrected chi connectivity index (χ0v) is 20.3. The summed E-state index contributed by atoms with van der Waals surface area (Å²) in [4.78, 5) is 68.8. The SMILES string of the molecule is C=CC(=O)OCC(=O)OCCOC(C(N)=O)c1cccc(C(OCCOC(=O)COC(=O)C=C)C(N)=O)c1. The molecule has 2 unspecified atom stereocenters. The first-order valence-electron chi connectivity index (χ1n) is 10.9. The van der Waals surface area contributed by atoms with Gasteiger partial charge in [-0.3, -0.25) is 9.59 Å². The van der Waals surface area contributed by atoms with Gasteiger partial charge in [0.1, 0.15) is 13.2 Å². The van der Waals surface area contributed by atoms with Crippen LogP contribution in [0.2, 0.25) is 0 Å². The van der Waals surface area contributed by atoms with Gasteiger partial charge in [-0.1, -0.05) is 31.4 Å². The van der Waals surface area contributed by atoms with Crippen molar-refractivity contribution in [2.24, 2.45) is 11.5 Å². The highest BCUT2D eigenvalue weighted by molar-refractivity contribution is 5.84. The number of amides is 2. The van der Waals surface area contributed by atoms with E-state index in [4.69, 9.17) is 30.4 Å². The van der Waals surface area contributed by atoms with E-state index < -0.39 is 61.1 Å². The Morgan fingerprint density at radius 2 is 1.08 bits per heavy atom. The minimum atomic E-state index is -1.28. The molecule has 0 radical (unpaired) electrons. The van der Waals surface area contributed by atoms with E-state index in [9.17, 15) is 28.8 Å². The van der Waals surface area contributed by atoms with E-state index in [0.717, 1.165) is 12.2 Å². The summed E-state index contributed by atoms with van der Waals surface area (Å²) in [5.74, 6) is -5.00. The van der Waals surface area contributed by atoms with Gasteiger partial charge in [-0.25, -0.2) is 19.2 Å². The third kappa shape index (κ3) is 11.9. The number of benzene rings is 1. The van der Waals surface area contributed by atoms with E-state index in [0.29, 0.717) is 0 Å². The van der Waals surface area contributed by atoms with Crippen LogP contribution in [-0.2, 0) is 57.2 Å². The van der Waals surface area contributed by atoms with Crippen molar-refractivity contribution in [2.45, 2.75) is 12.2 Å². The number of hydrogen-bond acceptors (Lipinski definition) is 12. The molecule has 0 bridgehead atoms. The molecule has 206 valence electrons. The molecule has 14 nitrogen and oxygen atoms in total. The summed E-state index contributed by atoms with van der Waals surface area (Å²) in [5.41, 5.74) is 11.4. The maximum atomic E-state index is 12.0. The molecule has 4 N–H and O–H groups in total. The zero-order valence-electron chi connectivity index (χ0n) is 20.3. The number of nitrogens with two attached hydrogens (primary N) is 2. The van der Waals surface area contributed by atoms with E-state index in [1.165, 1.54) is 24.3 Å². The molecule has 0 aliphatic carbocycles. The fourth-order valence-corrected chi connectivity index (χ4v) is 2.67. The van der Waals surface area contributed by atoms with Gasteiger partial charge in [0.25, 0.3) is 11.8 Å². The van der Waals surface area contributed by atoms with Crippen LogP contribution in [0.3, 0.4) is 0 Å². The van der Waals surface area contributed by atoms with Crippen molar-refractivity contribution >= 4 is 35.7 Å². The molecule has 38 heavy (non-hydrogen) atoms. The van der Waals surface area contributed by atoms with Gasteiger partial charge < -0.3 is 39.9 Å². The third-order valence-corrected chi connectivity index (χ3v) is 4.29. The molecule has 14 heteroatoms. The molecule has 2 amide bonds. The first kappa shape index (κ1) is 31.5. The number of rotatable bonds is 18. The summed E-state index contributed by atoms with van der Waals surface area (Å²) in [5, 5.41) is 0. The molecule has 0 aliphatic heterocycles. The molecule has 0 saturated carbocycles. The summed E-state index contributed by atoms with van der Waals surface area (Å²) in [6.45, 7) is 4.12. The summed E-state index contributed by atoms with van der Waals surface area (Å²) >= 11 is 0. The highest BCUT2D eigenvalue weighted by Crippen LogP contribution is 2.24. The van der Waals surface area contributed by atoms with E-state index in [-0.39, 0.29) is 37.6 Å². The van der Waals surface area contributed by atoms with Gasteiger partial charge in [0.05, 0.1) is 13.2 Å². The number of carbonyl (C=O) groups excluding carboxylic acids is 6. The molecular formula is C24H28N2O12. The number of hydrogen-bond donors (Lipinski definition) is 2. The quantitative estimate of drug-likeness (QED) is 0.103. The Morgan fingerprint density at radius 1 is 0.684 bits per heavy atom. The van der Waals surface area contributed by atoms with Crippen LogP contribution in [0.5, 0.6) is 0 Å². The smallest absolute Gasteiger partial charge is 0.344 e. The first-order valence-corrected chi connectivity index (χ1v) is 10.9. The van der Waals surface area contributed by atoms with Crippen molar-refractivity contribution in [1.29, 1.82) is 0 Å². The second-order valence-electron chi connectivity index (χ2n) is 7.04. The predicted octanol–water partition coefficient (Wildman–Crippen LogP) is -0.683. The number of carbonyl (C=O) groups is 6. The molecular weight excluding hydrogens is 508 g/mol. The maximum absolute atomic E-state index is 12.0. The van der Waals surface area contributed by atoms with Gasteiger partial charge in [-0.05, 0) is 17.2 Å². The first-order chi connectivity index (χ1) is 18.1. The number of esters is 4. The molecule has 0 aliphatic rings. The molecule has 2 atom stereocenters. The monoisotopic (exact) mass is 536 g/mol. The molecule has 0 fully saturated rings. The minimum Gasteiger partial charge on any atom is -0.461 e. The molecule has 1 aromatic carbocycles. The lowest BCUT2D eigenvalue weighted by atomic mass is 10.0. The Kier molecular flexibility index (Phi) is 14.1. The lowest BCUT2D eigenvalue weighted by Gasteiger charge is -2.19. The zero-order chi connectivity index (χ0) is 28.5. The summed E-state index contributed by atoms with van der Waals surface area (Å²) in [7, 11) is 0. The van der Waals surface area contributed by atoms with Crippen molar-refractivity contribution in [3.8, 4) is 0 Å². The maximum Gasteiger partial charge on any atom is 0.344 e. The van der Waals surface area contributed by atoms with Crippen LogP contribution in [-0.4, -0.2) is 75.3 Å². The van der Waals surface area contributed by atoms with Crippen molar-refractivity contribution < 1.29 is 57.2 Å². The number of ether oxygens (including phenoxy) is 6. The van der Waals surface area contributed by atoms with Crippen LogP contribution in [0, 0.1) is 0 Å². The number of primary amides is 2. The summed E-state index contributed by atoms with van der Waals surface area (Å²) < 4.78 is 29.5. The Morgan fingerprint density at radius 3 is 1.42 bits per heavy atom. The van der Waals surface area contributed by atoms with Gasteiger partial charge in [-0.2, -0.15) is 0 Å². The molecule has 1 aromatic rings. The Labute approximate surface area is 217 Å². The largest absolute Gasteiger partial charge is 0.461 e. The molecule has 0 heterocycles. The topological polar surface area (TPSA) is 210 Å². The van der Waals surface area contributed by atoms with E-state index in [2.05, 4.69) is 22.6 Å². The minimum absolute atomic E-state index is 0.234. The normalized spacial score (nSPS) is 11.8. The molecule has 1 rings (SSSR count). The fraction of sp³-hybridized carbons (Fsp3) is 0.333. The van der Waals surface area contributed by atoms with Crippen LogP contribution in [0.4, 0.5) is 0 Å². The second-order valence-corrected chi connectivity index (χ2v) is 7.04. The Balaban J connectivity index is 2.67. The van der Waals surface area contributed by atoms with Crippen molar-refractivity contribution in [2.75, 3.05) is 39.6 Å². The lowest BCUT2D eigenvalue weighted by molar-refractivity contribution is -0.158. The molecule has 0 saturated heterocycles. The van der Waals surface area contributed by atoms with Crippen LogP contribution in [0.25, 0.3) is 0 Å². The van der Waals surface area contributed by atoms with E-state index >= 15 is 0 Å². The highest BCUT2D eigenvalue weighted by atomic mass is 16.6. The van der Waals surface area contributed by atoms with E-state index in [1.807, 2.05) is 0 Å². The lowest BCUT2D eigenvalue weighted by Crippen LogP contribution is -2.27. The van der Waals surface area contributed by atoms with Gasteiger partial charge in [-0.15, -0.1) is 0 Å².